The first-order chi connectivity index (χ1) is 35.6. The largest absolute Gasteiger partial charge is 0.465 e. The molecule has 72 heavy (non-hydrogen) atoms. The lowest BCUT2D eigenvalue weighted by Gasteiger charge is -2.25. The van der Waals surface area contributed by atoms with E-state index >= 15 is 0 Å². The fourth-order valence-electron chi connectivity index (χ4n) is 10.9. The number of nitrogens with zero attached hydrogens (tertiary/aromatic N) is 1. The van der Waals surface area contributed by atoms with Gasteiger partial charge in [-0.2, -0.15) is 0 Å². The molecule has 0 N–H and O–H groups in total. The average Bonchev–Trinajstić information content (AvgIpc) is 3.38. The Morgan fingerprint density at radius 1 is 0.319 bits per heavy atom. The molecule has 0 spiro atoms. The normalized spacial score (nSPS) is 12.1. The predicted molar refractivity (Wildman–Crippen MR) is 321 cm³/mol. The van der Waals surface area contributed by atoms with Crippen LogP contribution in [-0.2, 0) is 14.3 Å². The monoisotopic (exact) mass is 1010 g/mol. The minimum Gasteiger partial charge on any atom is -0.465 e. The number of hydrogen-bond donors (Lipinski definition) is 0. The highest BCUT2D eigenvalue weighted by Crippen LogP contribution is 2.22. The van der Waals surface area contributed by atoms with Crippen LogP contribution in [-0.4, -0.2) is 36.5 Å². The van der Waals surface area contributed by atoms with E-state index in [1.807, 2.05) is 0 Å². The van der Waals surface area contributed by atoms with E-state index in [9.17, 15) is 9.59 Å². The summed E-state index contributed by atoms with van der Waals surface area (Å²) in [5, 5.41) is 0. The molecule has 4 heteroatoms. The Morgan fingerprint density at radius 3 is 0.875 bits per heavy atom. The van der Waals surface area contributed by atoms with Crippen LogP contribution in [0.3, 0.4) is 0 Å². The van der Waals surface area contributed by atoms with Gasteiger partial charge in [-0.1, -0.05) is 342 Å². The van der Waals surface area contributed by atoms with Crippen LogP contribution in [0, 0.1) is 5.92 Å². The van der Waals surface area contributed by atoms with Crippen molar-refractivity contribution >= 4 is 11.9 Å². The second-order valence-corrected chi connectivity index (χ2v) is 23.3. The predicted octanol–water partition coefficient (Wildman–Crippen LogP) is 23.5. The van der Waals surface area contributed by atoms with E-state index in [2.05, 4.69) is 44.7 Å². The summed E-state index contributed by atoms with van der Waals surface area (Å²) in [6.07, 6.45) is 78.2. The van der Waals surface area contributed by atoms with Crippen LogP contribution >= 0.6 is 0 Å². The zero-order valence-electron chi connectivity index (χ0n) is 50.1. The van der Waals surface area contributed by atoms with E-state index in [0.29, 0.717) is 13.0 Å². The molecule has 1 atom stereocenters. The van der Waals surface area contributed by atoms with Crippen molar-refractivity contribution < 1.29 is 14.3 Å². The van der Waals surface area contributed by atoms with Gasteiger partial charge in [0.2, 0.25) is 5.91 Å². The maximum absolute atomic E-state index is 13.9. The molecule has 1 amide bonds. The minimum atomic E-state index is -0.291. The van der Waals surface area contributed by atoms with E-state index in [4.69, 9.17) is 4.74 Å². The van der Waals surface area contributed by atoms with Crippen molar-refractivity contribution in [1.82, 2.24) is 4.90 Å². The second kappa shape index (κ2) is 62.2. The lowest BCUT2D eigenvalue weighted by molar-refractivity contribution is -0.152. The maximum Gasteiger partial charge on any atom is 0.309 e. The smallest absolute Gasteiger partial charge is 0.309 e. The third-order valence-corrected chi connectivity index (χ3v) is 16.0. The SMILES string of the molecule is CCCCCCCCCCC/C=C/CCCCCCCCCCCCCCCCCCCCCCCCCCCC(CC(=O)N(CCCCCCCC)CCCCCCCC)C(=O)OCCCCCCCC. The summed E-state index contributed by atoms with van der Waals surface area (Å²) in [5.74, 6) is -0.216. The van der Waals surface area contributed by atoms with E-state index < -0.39 is 0 Å². The van der Waals surface area contributed by atoms with E-state index in [1.54, 1.807) is 0 Å². The van der Waals surface area contributed by atoms with Crippen LogP contribution in [0.4, 0.5) is 0 Å². The number of esters is 1. The first-order valence-corrected chi connectivity index (χ1v) is 33.7. The van der Waals surface area contributed by atoms with Gasteiger partial charge < -0.3 is 9.64 Å². The first-order valence-electron chi connectivity index (χ1n) is 33.7. The lowest BCUT2D eigenvalue weighted by Crippen LogP contribution is -2.35. The minimum absolute atomic E-state index is 0.114. The second-order valence-electron chi connectivity index (χ2n) is 23.3. The Bertz CT molecular complexity index is 1060. The Kier molecular flexibility index (Phi) is 61.1. The third-order valence-electron chi connectivity index (χ3n) is 16.0. The number of hydrogen-bond acceptors (Lipinski definition) is 3. The Balaban J connectivity index is 4.01. The van der Waals surface area contributed by atoms with Crippen molar-refractivity contribution in [2.45, 2.75) is 387 Å². The summed E-state index contributed by atoms with van der Waals surface area (Å²) in [7, 11) is 0. The average molecular weight is 1010 g/mol. The van der Waals surface area contributed by atoms with Crippen molar-refractivity contribution in [1.29, 1.82) is 0 Å². The van der Waals surface area contributed by atoms with Gasteiger partial charge in [0, 0.05) is 19.5 Å². The van der Waals surface area contributed by atoms with Crippen LogP contribution < -0.4 is 0 Å². The molecule has 0 aromatic carbocycles. The number of amides is 1. The highest BCUT2D eigenvalue weighted by atomic mass is 16.5. The fraction of sp³-hybridized carbons (Fsp3) is 0.941. The third kappa shape index (κ3) is 54.9. The van der Waals surface area contributed by atoms with Gasteiger partial charge in [0.15, 0.2) is 0 Å². The molecule has 0 saturated heterocycles. The molecule has 4 nitrogen and oxygen atoms in total. The molecule has 0 heterocycles. The van der Waals surface area contributed by atoms with E-state index in [0.717, 1.165) is 58.0 Å². The summed E-state index contributed by atoms with van der Waals surface area (Å²) < 4.78 is 5.88. The molecule has 428 valence electrons. The van der Waals surface area contributed by atoms with Crippen molar-refractivity contribution in [3.63, 3.8) is 0 Å². The maximum atomic E-state index is 13.9. The topological polar surface area (TPSA) is 46.6 Å². The van der Waals surface area contributed by atoms with Crippen molar-refractivity contribution in [3.8, 4) is 0 Å². The van der Waals surface area contributed by atoms with Gasteiger partial charge in [-0.05, 0) is 51.4 Å². The molecular weight excluding hydrogens is 879 g/mol. The van der Waals surface area contributed by atoms with Gasteiger partial charge in [0.05, 0.1) is 12.5 Å². The summed E-state index contributed by atoms with van der Waals surface area (Å²) in [5.41, 5.74) is 0. The highest BCUT2D eigenvalue weighted by Gasteiger charge is 2.26. The molecular formula is C68H133NO3. The van der Waals surface area contributed by atoms with Crippen molar-refractivity contribution in [2.24, 2.45) is 5.92 Å². The standard InChI is InChI=1S/C68H133NO3/c1-5-9-13-17-21-22-23-24-25-26-27-28-29-30-31-32-33-34-35-36-37-38-39-40-41-42-43-44-45-46-47-48-49-50-51-52-53-57-61-66(68(71)72-64-60-56-20-16-12-8-4)65-67(70)69(62-58-54-18-14-10-6-2)63-59-55-19-15-11-7-3/h27-28,66H,5-26,29-65H2,1-4H3/b28-27+. The molecule has 0 aromatic heterocycles. The van der Waals surface area contributed by atoms with Gasteiger partial charge in [0.1, 0.15) is 0 Å². The molecule has 0 aliphatic carbocycles. The van der Waals surface area contributed by atoms with Gasteiger partial charge in [0.25, 0.3) is 0 Å². The van der Waals surface area contributed by atoms with E-state index in [-0.39, 0.29) is 17.8 Å². The molecule has 0 radical (unpaired) electrons. The summed E-state index contributed by atoms with van der Waals surface area (Å²) in [4.78, 5) is 29.5. The zero-order valence-corrected chi connectivity index (χ0v) is 50.1. The van der Waals surface area contributed by atoms with Crippen LogP contribution in [0.25, 0.3) is 0 Å². The number of carbonyl (C=O) groups excluding carboxylic acids is 2. The number of ether oxygens (including phenoxy) is 1. The Hall–Kier alpha value is -1.32. The van der Waals surface area contributed by atoms with Gasteiger partial charge in [-0.3, -0.25) is 9.59 Å². The van der Waals surface area contributed by atoms with Gasteiger partial charge in [-0.25, -0.2) is 0 Å². The molecule has 0 aromatic rings. The van der Waals surface area contributed by atoms with Gasteiger partial charge in [-0.15, -0.1) is 0 Å². The van der Waals surface area contributed by atoms with E-state index in [1.165, 1.54) is 308 Å². The number of rotatable bonds is 62. The van der Waals surface area contributed by atoms with Crippen LogP contribution in [0.2, 0.25) is 0 Å². The molecule has 0 aliphatic heterocycles. The summed E-state index contributed by atoms with van der Waals surface area (Å²) in [6, 6.07) is 0. The van der Waals surface area contributed by atoms with Crippen LogP contribution in [0.15, 0.2) is 12.2 Å². The molecule has 0 saturated carbocycles. The Labute approximate surface area is 454 Å². The summed E-state index contributed by atoms with van der Waals surface area (Å²) in [6.45, 7) is 11.3. The van der Waals surface area contributed by atoms with Crippen LogP contribution in [0.1, 0.15) is 387 Å². The summed E-state index contributed by atoms with van der Waals surface area (Å²) >= 11 is 0. The molecule has 0 rings (SSSR count). The fourth-order valence-corrected chi connectivity index (χ4v) is 10.9. The highest BCUT2D eigenvalue weighted by molar-refractivity contribution is 5.83. The van der Waals surface area contributed by atoms with Gasteiger partial charge >= 0.3 is 5.97 Å². The molecule has 0 aliphatic rings. The Morgan fingerprint density at radius 2 is 0.569 bits per heavy atom. The zero-order chi connectivity index (χ0) is 52.2. The van der Waals surface area contributed by atoms with Crippen molar-refractivity contribution in [2.75, 3.05) is 19.7 Å². The number of carbonyl (C=O) groups is 2. The number of unbranched alkanes of at least 4 members (excludes halogenated alkanes) is 49. The van der Waals surface area contributed by atoms with Crippen molar-refractivity contribution in [3.05, 3.63) is 12.2 Å². The quantitative estimate of drug-likeness (QED) is 0.0346. The molecule has 0 fully saturated rings. The van der Waals surface area contributed by atoms with Crippen LogP contribution in [0.5, 0.6) is 0 Å². The molecule has 1 unspecified atom stereocenters. The first kappa shape index (κ1) is 70.7. The lowest BCUT2D eigenvalue weighted by atomic mass is 9.96. The molecule has 0 bridgehead atoms. The number of allylic oxidation sites excluding steroid dienone is 2.